The van der Waals surface area contributed by atoms with Crippen LogP contribution in [0.4, 0.5) is 13.2 Å². The van der Waals surface area contributed by atoms with Crippen molar-refractivity contribution in [2.24, 2.45) is 11.7 Å². The first-order valence-corrected chi connectivity index (χ1v) is 6.09. The molecule has 1 aromatic carbocycles. The molecule has 20 heavy (non-hydrogen) atoms. The highest BCUT2D eigenvalue weighted by Crippen LogP contribution is 2.24. The number of hydrogen-bond acceptors (Lipinski definition) is 3. The molecule has 0 amide bonds. The number of hydrogen-bond donors (Lipinski definition) is 2. The van der Waals surface area contributed by atoms with Crippen LogP contribution in [0, 0.1) is 5.92 Å². The van der Waals surface area contributed by atoms with Gasteiger partial charge < -0.3 is 15.6 Å². The second-order valence-electron chi connectivity index (χ2n) is 4.36. The molecule has 1 unspecified atom stereocenters. The Morgan fingerprint density at radius 3 is 2.35 bits per heavy atom. The van der Waals surface area contributed by atoms with E-state index in [0.717, 1.165) is 0 Å². The van der Waals surface area contributed by atoms with Gasteiger partial charge in [0.05, 0.1) is 5.92 Å². The van der Waals surface area contributed by atoms with E-state index < -0.39 is 18.2 Å². The number of carbonyl (C=O) groups is 1. The molecule has 0 spiro atoms. The highest BCUT2D eigenvalue weighted by Gasteiger charge is 2.31. The molecular formula is C13H16F3NO3. The summed E-state index contributed by atoms with van der Waals surface area (Å²) in [5.41, 5.74) is 5.98. The van der Waals surface area contributed by atoms with Crippen LogP contribution >= 0.6 is 0 Å². The summed E-state index contributed by atoms with van der Waals surface area (Å²) in [7, 11) is 0. The minimum absolute atomic E-state index is 0.252. The minimum atomic E-state index is -4.73. The normalized spacial score (nSPS) is 13.0. The van der Waals surface area contributed by atoms with Crippen molar-refractivity contribution in [3.8, 4) is 5.75 Å². The monoisotopic (exact) mass is 291 g/mol. The zero-order chi connectivity index (χ0) is 15.2. The summed E-state index contributed by atoms with van der Waals surface area (Å²) in [6.07, 6.45) is -3.45. The van der Waals surface area contributed by atoms with Gasteiger partial charge >= 0.3 is 12.3 Å². The number of carboxylic acids is 1. The zero-order valence-corrected chi connectivity index (χ0v) is 10.7. The van der Waals surface area contributed by atoms with E-state index >= 15 is 0 Å². The second kappa shape index (κ2) is 7.14. The van der Waals surface area contributed by atoms with Crippen LogP contribution in [-0.2, 0) is 11.2 Å². The molecule has 0 aliphatic carbocycles. The first kappa shape index (κ1) is 16.3. The van der Waals surface area contributed by atoms with E-state index in [9.17, 15) is 18.0 Å². The lowest BCUT2D eigenvalue weighted by Gasteiger charge is -2.13. The van der Waals surface area contributed by atoms with Gasteiger partial charge in [0.2, 0.25) is 0 Å². The smallest absolute Gasteiger partial charge is 0.481 e. The first-order valence-electron chi connectivity index (χ1n) is 6.09. The quantitative estimate of drug-likeness (QED) is 0.810. The Morgan fingerprint density at radius 1 is 1.30 bits per heavy atom. The topological polar surface area (TPSA) is 72.5 Å². The van der Waals surface area contributed by atoms with E-state index in [1.807, 2.05) is 0 Å². The molecule has 112 valence electrons. The maximum absolute atomic E-state index is 12.0. The van der Waals surface area contributed by atoms with Crippen LogP contribution in [0.15, 0.2) is 24.3 Å². The zero-order valence-electron chi connectivity index (χ0n) is 10.7. The fourth-order valence-electron chi connectivity index (χ4n) is 1.79. The van der Waals surface area contributed by atoms with Crippen LogP contribution in [0.5, 0.6) is 5.75 Å². The fraction of sp³-hybridized carbons (Fsp3) is 0.462. The summed E-state index contributed by atoms with van der Waals surface area (Å²) in [5.74, 6) is -1.85. The third kappa shape index (κ3) is 5.92. The van der Waals surface area contributed by atoms with Crippen molar-refractivity contribution in [2.75, 3.05) is 6.54 Å². The SMILES string of the molecule is NCCCC(Cc1ccc(OC(F)(F)F)cc1)C(=O)O. The van der Waals surface area contributed by atoms with Gasteiger partial charge in [0.25, 0.3) is 0 Å². The molecule has 0 aliphatic rings. The maximum atomic E-state index is 12.0. The van der Waals surface area contributed by atoms with Crippen LogP contribution in [0.1, 0.15) is 18.4 Å². The summed E-state index contributed by atoms with van der Waals surface area (Å²) in [5, 5.41) is 9.05. The number of ether oxygens (including phenoxy) is 1. The number of carboxylic acid groups (broad SMARTS) is 1. The summed E-state index contributed by atoms with van der Waals surface area (Å²) in [6.45, 7) is 0.405. The van der Waals surface area contributed by atoms with E-state index in [0.29, 0.717) is 24.9 Å². The summed E-state index contributed by atoms with van der Waals surface area (Å²) < 4.78 is 39.7. The van der Waals surface area contributed by atoms with Gasteiger partial charge in [-0.25, -0.2) is 0 Å². The standard InChI is InChI=1S/C13H16F3NO3/c14-13(15,16)20-11-5-3-9(4-6-11)8-10(12(18)19)2-1-7-17/h3-6,10H,1-2,7-8,17H2,(H,18,19). The van der Waals surface area contributed by atoms with Gasteiger partial charge in [-0.05, 0) is 43.5 Å². The van der Waals surface area contributed by atoms with Crippen LogP contribution < -0.4 is 10.5 Å². The predicted molar refractivity (Wildman–Crippen MR) is 66.2 cm³/mol. The summed E-state index contributed by atoms with van der Waals surface area (Å²) >= 11 is 0. The summed E-state index contributed by atoms with van der Waals surface area (Å²) in [6, 6.07) is 5.20. The number of alkyl halides is 3. The Labute approximate surface area is 114 Å². The van der Waals surface area contributed by atoms with E-state index in [1.165, 1.54) is 24.3 Å². The van der Waals surface area contributed by atoms with Crippen LogP contribution in [0.2, 0.25) is 0 Å². The van der Waals surface area contributed by atoms with Crippen molar-refractivity contribution >= 4 is 5.97 Å². The number of rotatable bonds is 7. The van der Waals surface area contributed by atoms with Gasteiger partial charge in [0, 0.05) is 0 Å². The largest absolute Gasteiger partial charge is 0.573 e. The Balaban J connectivity index is 2.65. The van der Waals surface area contributed by atoms with Crippen molar-refractivity contribution in [3.63, 3.8) is 0 Å². The highest BCUT2D eigenvalue weighted by molar-refractivity contribution is 5.70. The van der Waals surface area contributed by atoms with Crippen molar-refractivity contribution in [2.45, 2.75) is 25.6 Å². The van der Waals surface area contributed by atoms with Crippen LogP contribution in [0.3, 0.4) is 0 Å². The Kier molecular flexibility index (Phi) is 5.82. The molecule has 0 saturated heterocycles. The van der Waals surface area contributed by atoms with Gasteiger partial charge in [0.1, 0.15) is 5.75 Å². The number of halogens is 3. The Bertz CT molecular complexity index is 431. The molecule has 0 aliphatic heterocycles. The molecule has 1 atom stereocenters. The Hall–Kier alpha value is -1.76. The first-order chi connectivity index (χ1) is 9.31. The van der Waals surface area contributed by atoms with E-state index in [2.05, 4.69) is 4.74 Å². The van der Waals surface area contributed by atoms with Crippen LogP contribution in [-0.4, -0.2) is 24.0 Å². The van der Waals surface area contributed by atoms with Gasteiger partial charge in [0.15, 0.2) is 0 Å². The molecule has 0 heterocycles. The molecule has 0 fully saturated rings. The minimum Gasteiger partial charge on any atom is -0.481 e. The molecule has 0 saturated carbocycles. The fourth-order valence-corrected chi connectivity index (χ4v) is 1.79. The van der Waals surface area contributed by atoms with E-state index in [-0.39, 0.29) is 12.2 Å². The van der Waals surface area contributed by atoms with Crippen molar-refractivity contribution in [3.05, 3.63) is 29.8 Å². The molecule has 3 N–H and O–H groups in total. The average molecular weight is 291 g/mol. The molecule has 0 radical (unpaired) electrons. The molecule has 1 rings (SSSR count). The molecule has 0 bridgehead atoms. The van der Waals surface area contributed by atoms with Crippen molar-refractivity contribution in [1.29, 1.82) is 0 Å². The van der Waals surface area contributed by atoms with Crippen molar-refractivity contribution < 1.29 is 27.8 Å². The molecule has 7 heteroatoms. The number of aliphatic carboxylic acids is 1. The molecule has 4 nitrogen and oxygen atoms in total. The van der Waals surface area contributed by atoms with Crippen LogP contribution in [0.25, 0.3) is 0 Å². The lowest BCUT2D eigenvalue weighted by atomic mass is 9.95. The Morgan fingerprint density at radius 2 is 1.90 bits per heavy atom. The second-order valence-corrected chi connectivity index (χ2v) is 4.36. The van der Waals surface area contributed by atoms with Gasteiger partial charge in [-0.15, -0.1) is 13.2 Å². The van der Waals surface area contributed by atoms with Gasteiger partial charge in [-0.2, -0.15) is 0 Å². The molecule has 0 aromatic heterocycles. The van der Waals surface area contributed by atoms with E-state index in [4.69, 9.17) is 10.8 Å². The van der Waals surface area contributed by atoms with Gasteiger partial charge in [-0.3, -0.25) is 4.79 Å². The third-order valence-electron chi connectivity index (χ3n) is 2.74. The van der Waals surface area contributed by atoms with Crippen molar-refractivity contribution in [1.82, 2.24) is 0 Å². The third-order valence-corrected chi connectivity index (χ3v) is 2.74. The summed E-state index contributed by atoms with van der Waals surface area (Å²) in [4.78, 5) is 11.1. The lowest BCUT2D eigenvalue weighted by Crippen LogP contribution is -2.18. The number of nitrogens with two attached hydrogens (primary N) is 1. The number of benzene rings is 1. The average Bonchev–Trinajstić information content (AvgIpc) is 2.34. The van der Waals surface area contributed by atoms with E-state index in [1.54, 1.807) is 0 Å². The maximum Gasteiger partial charge on any atom is 0.573 e. The predicted octanol–water partition coefficient (Wildman–Crippen LogP) is 2.57. The molecule has 1 aromatic rings. The molecular weight excluding hydrogens is 275 g/mol. The highest BCUT2D eigenvalue weighted by atomic mass is 19.4. The van der Waals surface area contributed by atoms with Gasteiger partial charge in [-0.1, -0.05) is 12.1 Å². The lowest BCUT2D eigenvalue weighted by molar-refractivity contribution is -0.274.